The zero-order valence-electron chi connectivity index (χ0n) is 42.7. The van der Waals surface area contributed by atoms with Gasteiger partial charge in [0.05, 0.1) is 22.1 Å². The van der Waals surface area contributed by atoms with Crippen LogP contribution in [0.25, 0.3) is 98.8 Å². The molecule has 0 radical (unpaired) electrons. The Bertz CT molecular complexity index is 4290. The number of para-hydroxylation sites is 6. The number of hydrogen-bond donors (Lipinski definition) is 0. The molecule has 0 atom stereocenters. The lowest BCUT2D eigenvalue weighted by Crippen LogP contribution is -2.09. The molecule has 0 aliphatic carbocycles. The van der Waals surface area contributed by atoms with Crippen molar-refractivity contribution in [3.05, 3.63) is 303 Å². The van der Waals surface area contributed by atoms with Crippen LogP contribution in [0.1, 0.15) is 0 Å². The molecule has 15 aromatic rings. The summed E-state index contributed by atoms with van der Waals surface area (Å²) in [6.07, 6.45) is 0. The molecule has 366 valence electrons. The zero-order valence-corrected chi connectivity index (χ0v) is 42.7. The van der Waals surface area contributed by atoms with E-state index in [2.05, 4.69) is 322 Å². The van der Waals surface area contributed by atoms with Gasteiger partial charge in [0.1, 0.15) is 0 Å². The second-order valence-electron chi connectivity index (χ2n) is 20.0. The summed E-state index contributed by atoms with van der Waals surface area (Å²) in [5, 5.41) is 9.77. The first-order chi connectivity index (χ1) is 38.7. The van der Waals surface area contributed by atoms with Crippen molar-refractivity contribution < 1.29 is 0 Å². The topological polar surface area (TPSA) is 16.3 Å². The smallest absolute Gasteiger partial charge is 0.0789 e. The van der Waals surface area contributed by atoms with Crippen LogP contribution in [-0.4, -0.2) is 9.13 Å². The molecule has 0 saturated carbocycles. The molecule has 2 aromatic heterocycles. The molecular formula is C74H50N4. The first-order valence-corrected chi connectivity index (χ1v) is 26.8. The van der Waals surface area contributed by atoms with Crippen molar-refractivity contribution in [1.82, 2.24) is 9.13 Å². The van der Waals surface area contributed by atoms with E-state index in [-0.39, 0.29) is 0 Å². The highest BCUT2D eigenvalue weighted by Crippen LogP contribution is 2.49. The lowest BCUT2D eigenvalue weighted by Gasteiger charge is -2.25. The third-order valence-corrected chi connectivity index (χ3v) is 15.6. The van der Waals surface area contributed by atoms with Gasteiger partial charge in [-0.3, -0.25) is 0 Å². The van der Waals surface area contributed by atoms with Crippen molar-refractivity contribution >= 4 is 99.3 Å². The number of hydrogen-bond acceptors (Lipinski definition) is 2. The molecule has 0 spiro atoms. The molecule has 78 heavy (non-hydrogen) atoms. The van der Waals surface area contributed by atoms with E-state index in [4.69, 9.17) is 0 Å². The van der Waals surface area contributed by atoms with Gasteiger partial charge in [-0.25, -0.2) is 0 Å². The summed E-state index contributed by atoms with van der Waals surface area (Å²) in [5.74, 6) is 0. The minimum atomic E-state index is 1.10. The van der Waals surface area contributed by atoms with Gasteiger partial charge >= 0.3 is 0 Å². The van der Waals surface area contributed by atoms with Crippen molar-refractivity contribution in [2.75, 3.05) is 9.80 Å². The van der Waals surface area contributed by atoms with Gasteiger partial charge in [0.15, 0.2) is 0 Å². The largest absolute Gasteiger partial charge is 0.311 e. The highest BCUT2D eigenvalue weighted by Gasteiger charge is 2.26. The lowest BCUT2D eigenvalue weighted by atomic mass is 9.93. The number of fused-ring (bicyclic) bond motifs is 11. The maximum absolute atomic E-state index is 2.54. The van der Waals surface area contributed by atoms with E-state index in [1.807, 2.05) is 0 Å². The SMILES string of the molecule is c1ccc(N(c2ccccc2)c2ccc(-c3cc4c(c5ccccc35)c3ccc5c6c7ccccc7c(-c7ccc(N(c8ccccc8)c8ccccc8)cc7)cc6n(-c6ccccc6)c5c3n4-c3ccccc3)cc2)cc1. The molecule has 4 nitrogen and oxygen atoms in total. The summed E-state index contributed by atoms with van der Waals surface area (Å²) >= 11 is 0. The molecule has 0 aliphatic heterocycles. The third-order valence-electron chi connectivity index (χ3n) is 15.6. The second-order valence-corrected chi connectivity index (χ2v) is 20.0. The van der Waals surface area contributed by atoms with Crippen molar-refractivity contribution in [1.29, 1.82) is 0 Å². The van der Waals surface area contributed by atoms with Gasteiger partial charge in [0.25, 0.3) is 0 Å². The zero-order chi connectivity index (χ0) is 51.5. The maximum atomic E-state index is 2.54. The van der Waals surface area contributed by atoms with E-state index in [1.54, 1.807) is 0 Å². The van der Waals surface area contributed by atoms with Gasteiger partial charge in [-0.15, -0.1) is 0 Å². The number of benzene rings is 13. The fourth-order valence-electron chi connectivity index (χ4n) is 12.3. The first kappa shape index (κ1) is 45.0. The minimum Gasteiger partial charge on any atom is -0.311 e. The molecule has 0 fully saturated rings. The number of aromatic nitrogens is 2. The molecule has 0 unspecified atom stereocenters. The van der Waals surface area contributed by atoms with Crippen LogP contribution in [0.5, 0.6) is 0 Å². The number of anilines is 6. The molecule has 15 rings (SSSR count). The second kappa shape index (κ2) is 18.7. The Morgan fingerprint density at radius 1 is 0.218 bits per heavy atom. The van der Waals surface area contributed by atoms with Crippen molar-refractivity contribution in [2.45, 2.75) is 0 Å². The Balaban J connectivity index is 0.983. The number of nitrogens with zero attached hydrogens (tertiary/aromatic N) is 4. The van der Waals surface area contributed by atoms with Crippen molar-refractivity contribution in [3.63, 3.8) is 0 Å². The normalized spacial score (nSPS) is 11.6. The Kier molecular flexibility index (Phi) is 10.8. The summed E-state index contributed by atoms with van der Waals surface area (Å²) in [5.41, 5.74) is 18.2. The molecule has 0 aliphatic rings. The van der Waals surface area contributed by atoms with E-state index in [1.165, 1.54) is 65.3 Å². The van der Waals surface area contributed by atoms with E-state index < -0.39 is 0 Å². The average molecular weight is 995 g/mol. The van der Waals surface area contributed by atoms with Crippen LogP contribution in [0.2, 0.25) is 0 Å². The van der Waals surface area contributed by atoms with Crippen molar-refractivity contribution in [2.24, 2.45) is 0 Å². The molecule has 13 aromatic carbocycles. The van der Waals surface area contributed by atoms with Gasteiger partial charge in [-0.05, 0) is 153 Å². The predicted molar refractivity (Wildman–Crippen MR) is 330 cm³/mol. The fraction of sp³-hybridized carbons (Fsp3) is 0. The molecular weight excluding hydrogens is 945 g/mol. The van der Waals surface area contributed by atoms with E-state index in [9.17, 15) is 0 Å². The highest BCUT2D eigenvalue weighted by molar-refractivity contribution is 6.33. The Morgan fingerprint density at radius 2 is 0.487 bits per heavy atom. The molecule has 2 heterocycles. The summed E-state index contributed by atoms with van der Waals surface area (Å²) in [7, 11) is 0. The Morgan fingerprint density at radius 3 is 0.808 bits per heavy atom. The van der Waals surface area contributed by atoms with Crippen molar-refractivity contribution in [3.8, 4) is 33.6 Å². The standard InChI is InChI=1S/C74H50N4/c1-7-23-53(24-8-1)75(54-25-9-2-10-26-54)59-43-39-51(40-44-59)67-49-69-71(63-37-21-19-35-61(63)67)65-47-48-66-72-64-38-22-20-36-62(64)68(52-41-45-60(46-42-52)76(55-27-11-3-12-28-55)56-29-13-4-14-30-56)50-70(72)78(58-33-17-6-18-34-58)74(66)73(65)77(69)57-31-15-5-16-32-57/h1-50H. The summed E-state index contributed by atoms with van der Waals surface area (Å²) in [6.45, 7) is 0. The van der Waals surface area contributed by atoms with Crippen LogP contribution in [-0.2, 0) is 0 Å². The maximum Gasteiger partial charge on any atom is 0.0789 e. The summed E-state index contributed by atoms with van der Waals surface area (Å²) in [4.78, 5) is 4.65. The third kappa shape index (κ3) is 7.37. The summed E-state index contributed by atoms with van der Waals surface area (Å²) in [6, 6.07) is 110. The fourth-order valence-corrected chi connectivity index (χ4v) is 12.3. The molecule has 0 amide bonds. The van der Waals surface area contributed by atoms with Crippen LogP contribution in [0.4, 0.5) is 34.1 Å². The van der Waals surface area contributed by atoms with Crippen LogP contribution in [0.3, 0.4) is 0 Å². The number of rotatable bonds is 10. The van der Waals surface area contributed by atoms with E-state index >= 15 is 0 Å². The van der Waals surface area contributed by atoms with Gasteiger partial charge in [-0.2, -0.15) is 0 Å². The van der Waals surface area contributed by atoms with Gasteiger partial charge in [0.2, 0.25) is 0 Å². The van der Waals surface area contributed by atoms with Crippen LogP contribution in [0.15, 0.2) is 303 Å². The Hall–Kier alpha value is -10.4. The van der Waals surface area contributed by atoms with E-state index in [0.717, 1.165) is 67.7 Å². The summed E-state index contributed by atoms with van der Waals surface area (Å²) < 4.78 is 5.07. The lowest BCUT2D eigenvalue weighted by molar-refractivity contribution is 1.15. The molecule has 0 saturated heterocycles. The van der Waals surface area contributed by atoms with Crippen LogP contribution in [0, 0.1) is 0 Å². The quantitative estimate of drug-likeness (QED) is 0.136. The minimum absolute atomic E-state index is 1.10. The van der Waals surface area contributed by atoms with Gasteiger partial charge < -0.3 is 18.9 Å². The van der Waals surface area contributed by atoms with E-state index in [0.29, 0.717) is 0 Å². The van der Waals surface area contributed by atoms with Gasteiger partial charge in [0, 0.05) is 67.0 Å². The first-order valence-electron chi connectivity index (χ1n) is 26.8. The molecule has 4 heteroatoms. The van der Waals surface area contributed by atoms with Gasteiger partial charge in [-0.1, -0.05) is 194 Å². The predicted octanol–water partition coefficient (Wildman–Crippen LogP) is 20.5. The van der Waals surface area contributed by atoms with Crippen LogP contribution >= 0.6 is 0 Å². The molecule has 0 N–H and O–H groups in total. The monoisotopic (exact) mass is 994 g/mol. The molecule has 0 bridgehead atoms. The van der Waals surface area contributed by atoms with Crippen LogP contribution < -0.4 is 9.80 Å². The highest BCUT2D eigenvalue weighted by atomic mass is 15.1. The Labute approximate surface area is 452 Å². The average Bonchev–Trinajstić information content (AvgIpc) is 4.24.